The van der Waals surface area contributed by atoms with Crippen molar-refractivity contribution in [3.63, 3.8) is 0 Å². The van der Waals surface area contributed by atoms with Gasteiger partial charge in [0.1, 0.15) is 5.52 Å². The molecule has 0 atom stereocenters. The van der Waals surface area contributed by atoms with Gasteiger partial charge in [-0.15, -0.1) is 0 Å². The Morgan fingerprint density at radius 1 is 0.652 bits per heavy atom. The number of nitrogens with zero attached hydrogens (tertiary/aromatic N) is 3. The van der Waals surface area contributed by atoms with Crippen molar-refractivity contribution in [1.82, 2.24) is 15.0 Å². The Morgan fingerprint density at radius 2 is 1.52 bits per heavy atom. The van der Waals surface area contributed by atoms with Gasteiger partial charge in [-0.05, 0) is 36.4 Å². The number of para-hydroxylation sites is 2. The fourth-order valence-electron chi connectivity index (χ4n) is 2.50. The normalized spacial score (nSPS) is 10.6. The van der Waals surface area contributed by atoms with Gasteiger partial charge in [0.2, 0.25) is 0 Å². The van der Waals surface area contributed by atoms with E-state index in [0.717, 1.165) is 32.9 Å². The summed E-state index contributed by atoms with van der Waals surface area (Å²) >= 11 is 0. The predicted molar refractivity (Wildman–Crippen MR) is 91.1 cm³/mol. The van der Waals surface area contributed by atoms with Crippen LogP contribution in [0.3, 0.4) is 0 Å². The van der Waals surface area contributed by atoms with Gasteiger partial charge in [-0.1, -0.05) is 24.3 Å². The summed E-state index contributed by atoms with van der Waals surface area (Å²) in [5.41, 5.74) is 3.78. The van der Waals surface area contributed by atoms with Crippen LogP contribution in [0.5, 0.6) is 0 Å². The predicted octanol–water partition coefficient (Wildman–Crippen LogP) is 4.61. The molecule has 0 saturated heterocycles. The third kappa shape index (κ3) is 2.62. The first kappa shape index (κ1) is 13.4. The molecular weight excluding hydrogens is 286 g/mol. The SMILES string of the molecule is c1ccc2ocnc2c1.c1cnc2c(c1)ccc1ncccc12. The number of fused-ring (bicyclic) bond motifs is 4. The number of hydrogen-bond acceptors (Lipinski definition) is 4. The number of aromatic nitrogens is 3. The monoisotopic (exact) mass is 299 g/mol. The molecule has 0 N–H and O–H groups in total. The Hall–Kier alpha value is -3.27. The first-order valence-electron chi connectivity index (χ1n) is 7.28. The maximum absolute atomic E-state index is 5.01. The third-order valence-electron chi connectivity index (χ3n) is 3.59. The van der Waals surface area contributed by atoms with Gasteiger partial charge in [0.25, 0.3) is 0 Å². The zero-order chi connectivity index (χ0) is 15.5. The van der Waals surface area contributed by atoms with Crippen LogP contribution in [0.15, 0.2) is 83.9 Å². The number of pyridine rings is 2. The largest absolute Gasteiger partial charge is 0.443 e. The minimum Gasteiger partial charge on any atom is -0.443 e. The highest BCUT2D eigenvalue weighted by molar-refractivity contribution is 6.03. The zero-order valence-electron chi connectivity index (χ0n) is 12.3. The van der Waals surface area contributed by atoms with E-state index in [1.165, 1.54) is 6.39 Å². The van der Waals surface area contributed by atoms with Crippen molar-refractivity contribution >= 4 is 32.9 Å². The van der Waals surface area contributed by atoms with Crippen molar-refractivity contribution in [3.05, 3.63) is 79.5 Å². The standard InChI is InChI=1S/C12H8N2.C7H5NO/c1-3-9-5-6-11-10(4-2-7-13-11)12(9)14-8-1;1-2-4-7-6(3-1)8-5-9-7/h1-8H;1-5H. The summed E-state index contributed by atoms with van der Waals surface area (Å²) in [6, 6.07) is 19.8. The van der Waals surface area contributed by atoms with E-state index in [2.05, 4.69) is 33.2 Å². The Bertz CT molecular complexity index is 1000. The summed E-state index contributed by atoms with van der Waals surface area (Å²) in [5.74, 6) is 0. The Balaban J connectivity index is 0.000000130. The van der Waals surface area contributed by atoms with E-state index in [0.29, 0.717) is 0 Å². The van der Waals surface area contributed by atoms with Gasteiger partial charge < -0.3 is 4.42 Å². The lowest BCUT2D eigenvalue weighted by Gasteiger charge is -2.00. The molecule has 0 aliphatic rings. The molecule has 4 heteroatoms. The molecule has 0 saturated carbocycles. The molecule has 4 nitrogen and oxygen atoms in total. The molecule has 2 aromatic carbocycles. The van der Waals surface area contributed by atoms with Gasteiger partial charge >= 0.3 is 0 Å². The van der Waals surface area contributed by atoms with Gasteiger partial charge in [-0.25, -0.2) is 4.98 Å². The molecule has 5 aromatic rings. The fraction of sp³-hybridized carbons (Fsp3) is 0. The maximum atomic E-state index is 5.01. The molecule has 3 aromatic heterocycles. The average molecular weight is 299 g/mol. The van der Waals surface area contributed by atoms with E-state index >= 15 is 0 Å². The van der Waals surface area contributed by atoms with Gasteiger partial charge in [0.05, 0.1) is 11.0 Å². The molecule has 0 unspecified atom stereocenters. The topological polar surface area (TPSA) is 51.8 Å². The van der Waals surface area contributed by atoms with Crippen LogP contribution in [-0.4, -0.2) is 15.0 Å². The van der Waals surface area contributed by atoms with Crippen molar-refractivity contribution in [2.45, 2.75) is 0 Å². The zero-order valence-corrected chi connectivity index (χ0v) is 12.3. The molecule has 0 fully saturated rings. The van der Waals surface area contributed by atoms with Crippen molar-refractivity contribution in [2.75, 3.05) is 0 Å². The second-order valence-electron chi connectivity index (χ2n) is 5.03. The van der Waals surface area contributed by atoms with Crippen molar-refractivity contribution < 1.29 is 4.42 Å². The quantitative estimate of drug-likeness (QED) is 0.392. The van der Waals surface area contributed by atoms with Crippen molar-refractivity contribution in [2.24, 2.45) is 0 Å². The first-order valence-corrected chi connectivity index (χ1v) is 7.28. The van der Waals surface area contributed by atoms with Crippen LogP contribution in [0, 0.1) is 0 Å². The first-order chi connectivity index (χ1) is 11.4. The van der Waals surface area contributed by atoms with Crippen LogP contribution in [-0.2, 0) is 0 Å². The van der Waals surface area contributed by atoms with Crippen LogP contribution in [0.25, 0.3) is 32.9 Å². The van der Waals surface area contributed by atoms with Crippen molar-refractivity contribution in [3.8, 4) is 0 Å². The van der Waals surface area contributed by atoms with E-state index < -0.39 is 0 Å². The minimum atomic E-state index is 0.845. The molecule has 23 heavy (non-hydrogen) atoms. The lowest BCUT2D eigenvalue weighted by Crippen LogP contribution is -1.82. The number of hydrogen-bond donors (Lipinski definition) is 0. The summed E-state index contributed by atoms with van der Waals surface area (Å²) in [7, 11) is 0. The van der Waals surface area contributed by atoms with Crippen LogP contribution < -0.4 is 0 Å². The molecule has 3 heterocycles. The maximum Gasteiger partial charge on any atom is 0.181 e. The van der Waals surface area contributed by atoms with Crippen LogP contribution in [0.1, 0.15) is 0 Å². The van der Waals surface area contributed by atoms with Gasteiger partial charge in [-0.2, -0.15) is 0 Å². The summed E-state index contributed by atoms with van der Waals surface area (Å²) in [6.45, 7) is 0. The molecule has 0 spiro atoms. The molecule has 0 bridgehead atoms. The lowest BCUT2D eigenvalue weighted by atomic mass is 10.1. The lowest BCUT2D eigenvalue weighted by molar-refractivity contribution is 0.602. The average Bonchev–Trinajstić information content (AvgIpc) is 3.11. The van der Waals surface area contributed by atoms with E-state index in [1.807, 2.05) is 48.7 Å². The number of oxazole rings is 1. The van der Waals surface area contributed by atoms with E-state index in [4.69, 9.17) is 4.42 Å². The summed E-state index contributed by atoms with van der Waals surface area (Å²) in [5, 5.41) is 2.28. The molecule has 0 aliphatic carbocycles. The summed E-state index contributed by atoms with van der Waals surface area (Å²) < 4.78 is 5.01. The number of benzene rings is 2. The smallest absolute Gasteiger partial charge is 0.181 e. The second-order valence-corrected chi connectivity index (χ2v) is 5.03. The molecule has 0 amide bonds. The molecule has 0 aliphatic heterocycles. The minimum absolute atomic E-state index is 0.845. The highest BCUT2D eigenvalue weighted by atomic mass is 16.3. The van der Waals surface area contributed by atoms with E-state index in [9.17, 15) is 0 Å². The number of rotatable bonds is 0. The Morgan fingerprint density at radius 3 is 2.48 bits per heavy atom. The molecule has 0 radical (unpaired) electrons. The van der Waals surface area contributed by atoms with Gasteiger partial charge in [0, 0.05) is 23.2 Å². The molecule has 5 rings (SSSR count). The highest BCUT2D eigenvalue weighted by Crippen LogP contribution is 2.20. The van der Waals surface area contributed by atoms with Crippen LogP contribution in [0.2, 0.25) is 0 Å². The van der Waals surface area contributed by atoms with Crippen molar-refractivity contribution in [1.29, 1.82) is 0 Å². The van der Waals surface area contributed by atoms with E-state index in [-0.39, 0.29) is 0 Å². The van der Waals surface area contributed by atoms with Gasteiger partial charge in [0.15, 0.2) is 12.0 Å². The van der Waals surface area contributed by atoms with Gasteiger partial charge in [-0.3, -0.25) is 9.97 Å². The Labute approximate surface area is 132 Å². The van der Waals surface area contributed by atoms with E-state index in [1.54, 1.807) is 6.20 Å². The van der Waals surface area contributed by atoms with Crippen LogP contribution >= 0.6 is 0 Å². The Kier molecular flexibility index (Phi) is 3.41. The molecule has 110 valence electrons. The second kappa shape index (κ2) is 5.85. The third-order valence-corrected chi connectivity index (χ3v) is 3.59. The summed E-state index contributed by atoms with van der Waals surface area (Å²) in [6.07, 6.45) is 5.07. The van der Waals surface area contributed by atoms with Crippen LogP contribution in [0.4, 0.5) is 0 Å². The molecular formula is C19H13N3O. The highest BCUT2D eigenvalue weighted by Gasteiger charge is 1.99. The summed E-state index contributed by atoms with van der Waals surface area (Å²) in [4.78, 5) is 12.6. The fourth-order valence-corrected chi connectivity index (χ4v) is 2.50.